The Labute approximate surface area is 200 Å². The maximum absolute atomic E-state index is 12.8. The van der Waals surface area contributed by atoms with Crippen molar-refractivity contribution in [2.24, 2.45) is 5.92 Å². The molecule has 2 aromatic carbocycles. The Morgan fingerprint density at radius 3 is 2.11 bits per heavy atom. The minimum Gasteiger partial charge on any atom is -0.481 e. The number of aromatic nitrogens is 1. The number of amides is 1. The van der Waals surface area contributed by atoms with Crippen LogP contribution < -0.4 is 10.6 Å². The number of benzene rings is 2. The van der Waals surface area contributed by atoms with Crippen LogP contribution >= 0.6 is 0 Å². The van der Waals surface area contributed by atoms with E-state index >= 15 is 0 Å². The molecule has 1 fully saturated rings. The van der Waals surface area contributed by atoms with Crippen LogP contribution in [0.4, 0.5) is 19.0 Å². The van der Waals surface area contributed by atoms with Crippen LogP contribution in [-0.2, 0) is 11.0 Å². The summed E-state index contributed by atoms with van der Waals surface area (Å²) in [7, 11) is 0. The van der Waals surface area contributed by atoms with Crippen molar-refractivity contribution in [1.29, 1.82) is 0 Å². The third-order valence-corrected chi connectivity index (χ3v) is 5.86. The number of nitrogens with one attached hydrogen (secondary N) is 2. The number of anilines is 1. The maximum atomic E-state index is 12.8. The van der Waals surface area contributed by atoms with Crippen molar-refractivity contribution in [1.82, 2.24) is 10.3 Å². The molecule has 1 aliphatic carbocycles. The summed E-state index contributed by atoms with van der Waals surface area (Å²) >= 11 is 0. The molecule has 1 amide bonds. The van der Waals surface area contributed by atoms with Gasteiger partial charge in [-0.1, -0.05) is 36.4 Å². The molecule has 1 aliphatic rings. The lowest BCUT2D eigenvalue weighted by molar-refractivity contribution is -0.138. The summed E-state index contributed by atoms with van der Waals surface area (Å²) in [6.45, 7) is 0.0421. The predicted octanol–water partition coefficient (Wildman–Crippen LogP) is 5.54. The molecule has 4 rings (SSSR count). The number of halogens is 3. The standard InChI is InChI=1S/C26H24F3N3O3/c27-26(28,29)21-10-7-17(8-11-21)16-1-3-18(4-2-16)24(19-5-6-19)32-22-12-9-20(15-31-22)25(35)30-14-13-23(33)34/h1-4,7-12,15,19,24H,5-6,13-14H2,(H,30,35)(H,31,32)(H,33,34). The fraction of sp³-hybridized carbons (Fsp3) is 0.269. The highest BCUT2D eigenvalue weighted by atomic mass is 19.4. The molecule has 0 radical (unpaired) electrons. The number of aliphatic carboxylic acids is 1. The average Bonchev–Trinajstić information content (AvgIpc) is 3.68. The van der Waals surface area contributed by atoms with Gasteiger partial charge in [0.05, 0.1) is 23.6 Å². The Kier molecular flexibility index (Phi) is 7.04. The van der Waals surface area contributed by atoms with Crippen molar-refractivity contribution >= 4 is 17.7 Å². The van der Waals surface area contributed by atoms with Gasteiger partial charge in [0.1, 0.15) is 5.82 Å². The van der Waals surface area contributed by atoms with E-state index in [9.17, 15) is 22.8 Å². The van der Waals surface area contributed by atoms with Crippen molar-refractivity contribution in [2.75, 3.05) is 11.9 Å². The van der Waals surface area contributed by atoms with Gasteiger partial charge in [-0.3, -0.25) is 9.59 Å². The number of rotatable bonds is 9. The first-order valence-electron chi connectivity index (χ1n) is 11.2. The van der Waals surface area contributed by atoms with E-state index in [2.05, 4.69) is 15.6 Å². The molecule has 6 nitrogen and oxygen atoms in total. The highest BCUT2D eigenvalue weighted by molar-refractivity contribution is 5.94. The van der Waals surface area contributed by atoms with Gasteiger partial charge in [0.25, 0.3) is 5.91 Å². The van der Waals surface area contributed by atoms with E-state index in [-0.39, 0.29) is 24.9 Å². The van der Waals surface area contributed by atoms with E-state index in [4.69, 9.17) is 5.11 Å². The first-order valence-corrected chi connectivity index (χ1v) is 11.2. The van der Waals surface area contributed by atoms with Crippen molar-refractivity contribution in [3.05, 3.63) is 83.6 Å². The van der Waals surface area contributed by atoms with Crippen molar-refractivity contribution in [3.8, 4) is 11.1 Å². The zero-order chi connectivity index (χ0) is 25.0. The van der Waals surface area contributed by atoms with Crippen LogP contribution in [0, 0.1) is 5.92 Å². The molecule has 0 saturated heterocycles. The van der Waals surface area contributed by atoms with Crippen LogP contribution in [0.1, 0.15) is 46.8 Å². The molecule has 1 saturated carbocycles. The number of carbonyl (C=O) groups excluding carboxylic acids is 1. The molecular formula is C26H24F3N3O3. The highest BCUT2D eigenvalue weighted by Gasteiger charge is 2.33. The van der Waals surface area contributed by atoms with Crippen LogP contribution in [0.25, 0.3) is 11.1 Å². The summed E-state index contributed by atoms with van der Waals surface area (Å²) in [5.74, 6) is -0.326. The molecule has 35 heavy (non-hydrogen) atoms. The zero-order valence-electron chi connectivity index (χ0n) is 18.7. The van der Waals surface area contributed by atoms with Gasteiger partial charge in [-0.05, 0) is 59.7 Å². The van der Waals surface area contributed by atoms with Crippen LogP contribution in [0.3, 0.4) is 0 Å². The maximum Gasteiger partial charge on any atom is 0.416 e. The minimum atomic E-state index is -4.36. The fourth-order valence-electron chi connectivity index (χ4n) is 3.80. The Hall–Kier alpha value is -3.88. The van der Waals surface area contributed by atoms with Crippen LogP contribution in [-0.4, -0.2) is 28.5 Å². The van der Waals surface area contributed by atoms with E-state index in [0.29, 0.717) is 22.9 Å². The Bertz CT molecular complexity index is 1170. The Morgan fingerprint density at radius 2 is 1.60 bits per heavy atom. The van der Waals surface area contributed by atoms with Gasteiger partial charge >= 0.3 is 12.1 Å². The van der Waals surface area contributed by atoms with Gasteiger partial charge in [-0.2, -0.15) is 13.2 Å². The van der Waals surface area contributed by atoms with Crippen LogP contribution in [0.15, 0.2) is 66.9 Å². The predicted molar refractivity (Wildman–Crippen MR) is 125 cm³/mol. The Balaban J connectivity index is 1.42. The van der Waals surface area contributed by atoms with Gasteiger partial charge in [0, 0.05) is 12.7 Å². The topological polar surface area (TPSA) is 91.3 Å². The van der Waals surface area contributed by atoms with Crippen molar-refractivity contribution < 1.29 is 27.9 Å². The van der Waals surface area contributed by atoms with Crippen molar-refractivity contribution in [3.63, 3.8) is 0 Å². The smallest absolute Gasteiger partial charge is 0.416 e. The fourth-order valence-corrected chi connectivity index (χ4v) is 3.80. The summed E-state index contributed by atoms with van der Waals surface area (Å²) in [6, 6.07) is 16.2. The molecule has 182 valence electrons. The summed E-state index contributed by atoms with van der Waals surface area (Å²) in [4.78, 5) is 27.0. The molecule has 1 unspecified atom stereocenters. The summed E-state index contributed by atoms with van der Waals surface area (Å²) in [5, 5.41) is 14.6. The minimum absolute atomic E-state index is 0.0133. The lowest BCUT2D eigenvalue weighted by atomic mass is 9.97. The first-order chi connectivity index (χ1) is 16.7. The second-order valence-corrected chi connectivity index (χ2v) is 8.49. The van der Waals surface area contributed by atoms with Gasteiger partial charge in [0.15, 0.2) is 0 Å². The van der Waals surface area contributed by atoms with E-state index < -0.39 is 17.7 Å². The summed E-state index contributed by atoms with van der Waals surface area (Å²) in [5.41, 5.74) is 2.24. The lowest BCUT2D eigenvalue weighted by Crippen LogP contribution is -2.26. The van der Waals surface area contributed by atoms with Gasteiger partial charge in [-0.25, -0.2) is 4.98 Å². The monoisotopic (exact) mass is 483 g/mol. The number of pyridine rings is 1. The molecular weight excluding hydrogens is 459 g/mol. The number of nitrogens with zero attached hydrogens (tertiary/aromatic N) is 1. The second kappa shape index (κ2) is 10.2. The van der Waals surface area contributed by atoms with E-state index in [1.165, 1.54) is 18.3 Å². The quantitative estimate of drug-likeness (QED) is 0.372. The number of hydrogen-bond donors (Lipinski definition) is 3. The van der Waals surface area contributed by atoms with Gasteiger partial charge < -0.3 is 15.7 Å². The third kappa shape index (κ3) is 6.38. The molecule has 3 aromatic rings. The Morgan fingerprint density at radius 1 is 0.971 bits per heavy atom. The molecule has 1 atom stereocenters. The number of alkyl halides is 3. The second-order valence-electron chi connectivity index (χ2n) is 8.49. The third-order valence-electron chi connectivity index (χ3n) is 5.86. The zero-order valence-corrected chi connectivity index (χ0v) is 18.7. The van der Waals surface area contributed by atoms with E-state index in [1.807, 2.05) is 24.3 Å². The molecule has 1 heterocycles. The number of hydrogen-bond acceptors (Lipinski definition) is 4. The normalized spacial score (nSPS) is 14.3. The molecule has 0 spiro atoms. The van der Waals surface area contributed by atoms with Crippen LogP contribution in [0.5, 0.6) is 0 Å². The SMILES string of the molecule is O=C(O)CCNC(=O)c1ccc(NC(c2ccc(-c3ccc(C(F)(F)F)cc3)cc2)C2CC2)nc1. The average molecular weight is 483 g/mol. The molecule has 1 aromatic heterocycles. The van der Waals surface area contributed by atoms with Crippen LogP contribution in [0.2, 0.25) is 0 Å². The number of carbonyl (C=O) groups is 2. The summed E-state index contributed by atoms with van der Waals surface area (Å²) < 4.78 is 38.4. The number of carboxylic acids is 1. The summed E-state index contributed by atoms with van der Waals surface area (Å²) in [6.07, 6.45) is -0.928. The molecule has 0 bridgehead atoms. The lowest BCUT2D eigenvalue weighted by Gasteiger charge is -2.20. The number of carboxylic acid groups (broad SMARTS) is 1. The molecule has 9 heteroatoms. The van der Waals surface area contributed by atoms with Crippen molar-refractivity contribution in [2.45, 2.75) is 31.5 Å². The van der Waals surface area contributed by atoms with E-state index in [0.717, 1.165) is 36.1 Å². The van der Waals surface area contributed by atoms with Gasteiger partial charge in [-0.15, -0.1) is 0 Å². The molecule has 0 aliphatic heterocycles. The first kappa shape index (κ1) is 24.3. The van der Waals surface area contributed by atoms with Gasteiger partial charge in [0.2, 0.25) is 0 Å². The van der Waals surface area contributed by atoms with E-state index in [1.54, 1.807) is 12.1 Å². The highest BCUT2D eigenvalue weighted by Crippen LogP contribution is 2.43. The molecule has 3 N–H and O–H groups in total. The largest absolute Gasteiger partial charge is 0.481 e.